The third-order valence-electron chi connectivity index (χ3n) is 3.56. The molecule has 0 heterocycles. The lowest BCUT2D eigenvalue weighted by atomic mass is 10.2. The van der Waals surface area contributed by atoms with E-state index in [0.717, 1.165) is 11.3 Å². The number of hydrogen-bond donors (Lipinski definition) is 2. The molecule has 0 radical (unpaired) electrons. The zero-order valence-corrected chi connectivity index (χ0v) is 15.3. The van der Waals surface area contributed by atoms with Crippen molar-refractivity contribution in [3.05, 3.63) is 47.5 Å². The second-order valence-corrected chi connectivity index (χ2v) is 5.47. The summed E-state index contributed by atoms with van der Waals surface area (Å²) in [5.41, 5.74) is 5.18. The first-order chi connectivity index (χ1) is 12.6. The standard InChI is InChI=1S/C19H23N3O4/c1-13-6-5-7-15(8-13)20-12-18(23)22-21-11-14-9-16(24-2)19(26-4)17(10-14)25-3/h5-11,20H,12H2,1-4H3,(H,22,23)/b21-11+. The molecule has 138 valence electrons. The molecule has 0 fully saturated rings. The molecular weight excluding hydrogens is 334 g/mol. The number of benzene rings is 2. The van der Waals surface area contributed by atoms with E-state index >= 15 is 0 Å². The average molecular weight is 357 g/mol. The molecule has 0 unspecified atom stereocenters. The molecule has 1 amide bonds. The molecule has 0 saturated carbocycles. The summed E-state index contributed by atoms with van der Waals surface area (Å²) in [4.78, 5) is 11.9. The number of rotatable bonds is 8. The minimum Gasteiger partial charge on any atom is -0.493 e. The lowest BCUT2D eigenvalue weighted by Gasteiger charge is -2.12. The number of ether oxygens (including phenoxy) is 3. The Hall–Kier alpha value is -3.22. The fraction of sp³-hybridized carbons (Fsp3) is 0.263. The van der Waals surface area contributed by atoms with E-state index in [4.69, 9.17) is 14.2 Å². The number of nitrogens with zero attached hydrogens (tertiary/aromatic N) is 1. The van der Waals surface area contributed by atoms with Crippen LogP contribution in [0.4, 0.5) is 5.69 Å². The maximum absolute atomic E-state index is 11.9. The van der Waals surface area contributed by atoms with Gasteiger partial charge in [-0.15, -0.1) is 0 Å². The molecular formula is C19H23N3O4. The summed E-state index contributed by atoms with van der Waals surface area (Å²) in [5, 5.41) is 7.00. The van der Waals surface area contributed by atoms with Crippen LogP contribution in [0.15, 0.2) is 41.5 Å². The molecule has 0 spiro atoms. The van der Waals surface area contributed by atoms with Crippen molar-refractivity contribution in [1.82, 2.24) is 5.43 Å². The van der Waals surface area contributed by atoms with Gasteiger partial charge in [-0.25, -0.2) is 5.43 Å². The van der Waals surface area contributed by atoms with Crippen LogP contribution in [0.1, 0.15) is 11.1 Å². The van der Waals surface area contributed by atoms with Gasteiger partial charge in [-0.2, -0.15) is 5.10 Å². The molecule has 0 saturated heterocycles. The Morgan fingerprint density at radius 3 is 2.35 bits per heavy atom. The zero-order valence-electron chi connectivity index (χ0n) is 15.3. The van der Waals surface area contributed by atoms with E-state index in [0.29, 0.717) is 22.8 Å². The van der Waals surface area contributed by atoms with E-state index in [1.807, 2.05) is 31.2 Å². The largest absolute Gasteiger partial charge is 0.493 e. The van der Waals surface area contributed by atoms with Crippen molar-refractivity contribution < 1.29 is 19.0 Å². The highest BCUT2D eigenvalue weighted by atomic mass is 16.5. The smallest absolute Gasteiger partial charge is 0.259 e. The highest BCUT2D eigenvalue weighted by Gasteiger charge is 2.12. The SMILES string of the molecule is COc1cc(/C=N/NC(=O)CNc2cccc(C)c2)cc(OC)c1OC. The van der Waals surface area contributed by atoms with Crippen molar-refractivity contribution in [2.75, 3.05) is 33.2 Å². The lowest BCUT2D eigenvalue weighted by Crippen LogP contribution is -2.25. The number of amides is 1. The van der Waals surface area contributed by atoms with Crippen LogP contribution in [0, 0.1) is 6.92 Å². The van der Waals surface area contributed by atoms with E-state index in [1.54, 1.807) is 12.1 Å². The van der Waals surface area contributed by atoms with Crippen LogP contribution in [-0.2, 0) is 4.79 Å². The van der Waals surface area contributed by atoms with Crippen LogP contribution in [0.3, 0.4) is 0 Å². The van der Waals surface area contributed by atoms with Gasteiger partial charge in [0, 0.05) is 11.3 Å². The van der Waals surface area contributed by atoms with Crippen molar-refractivity contribution >= 4 is 17.8 Å². The van der Waals surface area contributed by atoms with Gasteiger partial charge in [-0.3, -0.25) is 4.79 Å². The maximum atomic E-state index is 11.9. The first kappa shape index (κ1) is 19.1. The van der Waals surface area contributed by atoms with E-state index < -0.39 is 0 Å². The molecule has 0 aromatic heterocycles. The van der Waals surface area contributed by atoms with Crippen molar-refractivity contribution in [1.29, 1.82) is 0 Å². The van der Waals surface area contributed by atoms with Crippen molar-refractivity contribution in [2.24, 2.45) is 5.10 Å². The Labute approximate surface area is 153 Å². The molecule has 2 aromatic rings. The molecule has 0 atom stereocenters. The summed E-state index contributed by atoms with van der Waals surface area (Å²) in [6, 6.07) is 11.3. The van der Waals surface area contributed by atoms with Gasteiger partial charge in [0.2, 0.25) is 5.75 Å². The zero-order chi connectivity index (χ0) is 18.9. The van der Waals surface area contributed by atoms with E-state index in [2.05, 4.69) is 15.8 Å². The second kappa shape index (κ2) is 9.31. The number of carbonyl (C=O) groups excluding carboxylic acids is 1. The number of carbonyl (C=O) groups is 1. The molecule has 7 nitrogen and oxygen atoms in total. The Morgan fingerprint density at radius 2 is 1.77 bits per heavy atom. The van der Waals surface area contributed by atoms with Gasteiger partial charge in [0.25, 0.3) is 5.91 Å². The maximum Gasteiger partial charge on any atom is 0.259 e. The Balaban J connectivity index is 1.96. The van der Waals surface area contributed by atoms with Gasteiger partial charge in [-0.05, 0) is 36.8 Å². The molecule has 0 bridgehead atoms. The monoisotopic (exact) mass is 357 g/mol. The van der Waals surface area contributed by atoms with Crippen LogP contribution in [0.25, 0.3) is 0 Å². The van der Waals surface area contributed by atoms with E-state index in [1.165, 1.54) is 27.5 Å². The van der Waals surface area contributed by atoms with Crippen LogP contribution in [0.2, 0.25) is 0 Å². The fourth-order valence-electron chi connectivity index (χ4n) is 2.33. The quantitative estimate of drug-likeness (QED) is 0.561. The molecule has 2 rings (SSSR count). The fourth-order valence-corrected chi connectivity index (χ4v) is 2.33. The number of anilines is 1. The molecule has 26 heavy (non-hydrogen) atoms. The summed E-state index contributed by atoms with van der Waals surface area (Å²) in [6.45, 7) is 2.11. The van der Waals surface area contributed by atoms with Crippen LogP contribution in [-0.4, -0.2) is 40.0 Å². The number of methoxy groups -OCH3 is 3. The lowest BCUT2D eigenvalue weighted by molar-refractivity contribution is -0.119. The van der Waals surface area contributed by atoms with Gasteiger partial charge in [0.15, 0.2) is 11.5 Å². The van der Waals surface area contributed by atoms with Crippen molar-refractivity contribution in [3.63, 3.8) is 0 Å². The molecule has 7 heteroatoms. The highest BCUT2D eigenvalue weighted by molar-refractivity contribution is 5.85. The van der Waals surface area contributed by atoms with Crippen LogP contribution < -0.4 is 25.0 Å². The van der Waals surface area contributed by atoms with Gasteiger partial charge in [-0.1, -0.05) is 12.1 Å². The highest BCUT2D eigenvalue weighted by Crippen LogP contribution is 2.37. The molecule has 2 N–H and O–H groups in total. The van der Waals surface area contributed by atoms with Gasteiger partial charge in [0.1, 0.15) is 0 Å². The Bertz CT molecular complexity index is 765. The summed E-state index contributed by atoms with van der Waals surface area (Å²) in [6.07, 6.45) is 1.51. The minimum absolute atomic E-state index is 0.121. The topological polar surface area (TPSA) is 81.2 Å². The number of aryl methyl sites for hydroxylation is 1. The first-order valence-corrected chi connectivity index (χ1v) is 7.99. The average Bonchev–Trinajstić information content (AvgIpc) is 2.65. The van der Waals surface area contributed by atoms with Crippen molar-refractivity contribution in [2.45, 2.75) is 6.92 Å². The van der Waals surface area contributed by atoms with Crippen LogP contribution in [0.5, 0.6) is 17.2 Å². The predicted molar refractivity (Wildman–Crippen MR) is 102 cm³/mol. The Kier molecular flexibility index (Phi) is 6.84. The molecule has 0 aliphatic carbocycles. The second-order valence-electron chi connectivity index (χ2n) is 5.47. The third-order valence-corrected chi connectivity index (χ3v) is 3.56. The normalized spacial score (nSPS) is 10.5. The van der Waals surface area contributed by atoms with Gasteiger partial charge in [0.05, 0.1) is 34.1 Å². The summed E-state index contributed by atoms with van der Waals surface area (Å²) < 4.78 is 15.8. The summed E-state index contributed by atoms with van der Waals surface area (Å²) >= 11 is 0. The van der Waals surface area contributed by atoms with Crippen LogP contribution >= 0.6 is 0 Å². The number of nitrogens with one attached hydrogen (secondary N) is 2. The number of hydrogen-bond acceptors (Lipinski definition) is 6. The first-order valence-electron chi connectivity index (χ1n) is 7.99. The van der Waals surface area contributed by atoms with Crippen molar-refractivity contribution in [3.8, 4) is 17.2 Å². The summed E-state index contributed by atoms with van der Waals surface area (Å²) in [5.74, 6) is 1.27. The third kappa shape index (κ3) is 5.14. The molecule has 2 aromatic carbocycles. The predicted octanol–water partition coefficient (Wildman–Crippen LogP) is 2.58. The summed E-state index contributed by atoms with van der Waals surface area (Å²) in [7, 11) is 4.61. The Morgan fingerprint density at radius 1 is 1.08 bits per heavy atom. The van der Waals surface area contributed by atoms with Gasteiger partial charge >= 0.3 is 0 Å². The van der Waals surface area contributed by atoms with E-state index in [-0.39, 0.29) is 12.5 Å². The molecule has 0 aliphatic rings. The molecule has 0 aliphatic heterocycles. The number of hydrazone groups is 1. The van der Waals surface area contributed by atoms with E-state index in [9.17, 15) is 4.79 Å². The van der Waals surface area contributed by atoms with Gasteiger partial charge < -0.3 is 19.5 Å². The minimum atomic E-state index is -0.254.